The standard InChI is InChI=1S/C9H17N/c1-5-7-6(10)4-9(2,3)8(5)7/h5-8H,4,10H2,1-3H3/t5-,6+,7+,8+/m0/s1. The van der Waals surface area contributed by atoms with Gasteiger partial charge in [0, 0.05) is 6.04 Å². The van der Waals surface area contributed by atoms with Crippen molar-refractivity contribution in [3.8, 4) is 0 Å². The summed E-state index contributed by atoms with van der Waals surface area (Å²) in [7, 11) is 0. The van der Waals surface area contributed by atoms with Crippen molar-refractivity contribution in [1.82, 2.24) is 0 Å². The highest BCUT2D eigenvalue weighted by molar-refractivity contribution is 5.13. The predicted octanol–water partition coefficient (Wildman–Crippen LogP) is 1.63. The molecule has 0 bridgehead atoms. The molecular weight excluding hydrogens is 122 g/mol. The van der Waals surface area contributed by atoms with Crippen LogP contribution in [0.15, 0.2) is 0 Å². The lowest BCUT2D eigenvalue weighted by Gasteiger charge is -2.22. The summed E-state index contributed by atoms with van der Waals surface area (Å²) in [6, 6.07) is 0.509. The molecule has 2 fully saturated rings. The molecule has 10 heavy (non-hydrogen) atoms. The van der Waals surface area contributed by atoms with Gasteiger partial charge in [0.25, 0.3) is 0 Å². The van der Waals surface area contributed by atoms with Gasteiger partial charge < -0.3 is 5.73 Å². The van der Waals surface area contributed by atoms with Gasteiger partial charge in [0.05, 0.1) is 0 Å². The molecule has 0 aliphatic heterocycles. The van der Waals surface area contributed by atoms with Gasteiger partial charge >= 0.3 is 0 Å². The highest BCUT2D eigenvalue weighted by Gasteiger charge is 2.62. The van der Waals surface area contributed by atoms with E-state index in [1.807, 2.05) is 0 Å². The van der Waals surface area contributed by atoms with E-state index in [0.717, 1.165) is 17.8 Å². The van der Waals surface area contributed by atoms with E-state index in [-0.39, 0.29) is 0 Å². The molecule has 0 spiro atoms. The molecule has 0 radical (unpaired) electrons. The van der Waals surface area contributed by atoms with Gasteiger partial charge in [-0.05, 0) is 29.6 Å². The molecule has 2 aliphatic rings. The lowest BCUT2D eigenvalue weighted by molar-refractivity contribution is 0.293. The Balaban J connectivity index is 2.19. The molecule has 0 heterocycles. The third kappa shape index (κ3) is 0.619. The molecule has 2 N–H and O–H groups in total. The molecule has 0 aromatic carbocycles. The van der Waals surface area contributed by atoms with Crippen molar-refractivity contribution in [2.75, 3.05) is 0 Å². The van der Waals surface area contributed by atoms with Crippen LogP contribution in [0.4, 0.5) is 0 Å². The average molecular weight is 139 g/mol. The Morgan fingerprint density at radius 2 is 2.00 bits per heavy atom. The predicted molar refractivity (Wildman–Crippen MR) is 42.5 cm³/mol. The maximum absolute atomic E-state index is 5.99. The topological polar surface area (TPSA) is 26.0 Å². The first kappa shape index (κ1) is 6.66. The van der Waals surface area contributed by atoms with Crippen molar-refractivity contribution in [3.05, 3.63) is 0 Å². The van der Waals surface area contributed by atoms with E-state index in [2.05, 4.69) is 20.8 Å². The lowest BCUT2D eigenvalue weighted by Crippen LogP contribution is -2.24. The van der Waals surface area contributed by atoms with Crippen molar-refractivity contribution >= 4 is 0 Å². The Kier molecular flexibility index (Phi) is 1.05. The van der Waals surface area contributed by atoms with E-state index in [1.165, 1.54) is 6.42 Å². The molecular formula is C9H17N. The van der Waals surface area contributed by atoms with Crippen LogP contribution < -0.4 is 5.73 Å². The van der Waals surface area contributed by atoms with E-state index in [4.69, 9.17) is 5.73 Å². The van der Waals surface area contributed by atoms with Crippen molar-refractivity contribution in [1.29, 1.82) is 0 Å². The summed E-state index contributed by atoms with van der Waals surface area (Å²) < 4.78 is 0. The molecule has 0 unspecified atom stereocenters. The highest BCUT2D eigenvalue weighted by atomic mass is 14.8. The third-order valence-electron chi connectivity index (χ3n) is 3.61. The largest absolute Gasteiger partial charge is 0.327 e. The van der Waals surface area contributed by atoms with Crippen LogP contribution >= 0.6 is 0 Å². The van der Waals surface area contributed by atoms with Crippen LogP contribution in [0.1, 0.15) is 27.2 Å². The first-order chi connectivity index (χ1) is 4.54. The van der Waals surface area contributed by atoms with Crippen LogP contribution in [0.3, 0.4) is 0 Å². The molecule has 2 rings (SSSR count). The Labute approximate surface area is 63.0 Å². The Morgan fingerprint density at radius 3 is 2.20 bits per heavy atom. The van der Waals surface area contributed by atoms with E-state index in [0.29, 0.717) is 11.5 Å². The van der Waals surface area contributed by atoms with E-state index >= 15 is 0 Å². The maximum atomic E-state index is 5.99. The van der Waals surface area contributed by atoms with E-state index in [9.17, 15) is 0 Å². The van der Waals surface area contributed by atoms with Gasteiger partial charge in [-0.15, -0.1) is 0 Å². The lowest BCUT2D eigenvalue weighted by atomic mass is 9.85. The molecule has 0 saturated heterocycles. The molecule has 0 aromatic heterocycles. The summed E-state index contributed by atoms with van der Waals surface area (Å²) in [5.74, 6) is 2.73. The first-order valence-electron chi connectivity index (χ1n) is 4.29. The summed E-state index contributed by atoms with van der Waals surface area (Å²) in [4.78, 5) is 0. The summed E-state index contributed by atoms with van der Waals surface area (Å²) in [6.07, 6.45) is 1.24. The van der Waals surface area contributed by atoms with Gasteiger partial charge in [-0.25, -0.2) is 0 Å². The van der Waals surface area contributed by atoms with Crippen LogP contribution in [0.25, 0.3) is 0 Å². The minimum atomic E-state index is 0.509. The molecule has 58 valence electrons. The second-order valence-electron chi connectivity index (χ2n) is 4.82. The van der Waals surface area contributed by atoms with Crippen LogP contribution in [-0.2, 0) is 0 Å². The van der Waals surface area contributed by atoms with Crippen molar-refractivity contribution < 1.29 is 0 Å². The molecule has 4 atom stereocenters. The number of hydrogen-bond acceptors (Lipinski definition) is 1. The SMILES string of the molecule is C[C@H]1[C@H]2[C@@H]1C(C)(C)C[C@H]2N. The van der Waals surface area contributed by atoms with Gasteiger partial charge in [0.2, 0.25) is 0 Å². The smallest absolute Gasteiger partial charge is 0.00779 e. The van der Waals surface area contributed by atoms with Gasteiger partial charge in [0.1, 0.15) is 0 Å². The molecule has 0 amide bonds. The van der Waals surface area contributed by atoms with Crippen LogP contribution in [0.5, 0.6) is 0 Å². The molecule has 2 saturated carbocycles. The van der Waals surface area contributed by atoms with E-state index < -0.39 is 0 Å². The number of rotatable bonds is 0. The quantitative estimate of drug-likeness (QED) is 0.542. The minimum absolute atomic E-state index is 0.509. The summed E-state index contributed by atoms with van der Waals surface area (Å²) in [6.45, 7) is 7.07. The van der Waals surface area contributed by atoms with Crippen molar-refractivity contribution in [2.45, 2.75) is 33.2 Å². The minimum Gasteiger partial charge on any atom is -0.327 e. The fourth-order valence-electron chi connectivity index (χ4n) is 3.26. The summed E-state index contributed by atoms with van der Waals surface area (Å²) in [5, 5.41) is 0. The summed E-state index contributed by atoms with van der Waals surface area (Å²) >= 11 is 0. The van der Waals surface area contributed by atoms with Crippen LogP contribution in [-0.4, -0.2) is 6.04 Å². The van der Waals surface area contributed by atoms with Gasteiger partial charge in [-0.1, -0.05) is 20.8 Å². The van der Waals surface area contributed by atoms with E-state index in [1.54, 1.807) is 0 Å². The Bertz CT molecular complexity index is 162. The highest BCUT2D eigenvalue weighted by Crippen LogP contribution is 2.65. The third-order valence-corrected chi connectivity index (χ3v) is 3.61. The summed E-state index contributed by atoms with van der Waals surface area (Å²) in [5.41, 5.74) is 6.53. The second-order valence-corrected chi connectivity index (χ2v) is 4.82. The fourth-order valence-corrected chi connectivity index (χ4v) is 3.26. The Morgan fingerprint density at radius 1 is 1.40 bits per heavy atom. The monoisotopic (exact) mass is 139 g/mol. The van der Waals surface area contributed by atoms with Crippen LogP contribution in [0, 0.1) is 23.2 Å². The molecule has 1 nitrogen and oxygen atoms in total. The van der Waals surface area contributed by atoms with Gasteiger partial charge in [0.15, 0.2) is 0 Å². The molecule has 0 aromatic rings. The zero-order valence-electron chi connectivity index (χ0n) is 7.09. The zero-order valence-corrected chi connectivity index (χ0v) is 7.09. The maximum Gasteiger partial charge on any atom is 0.00779 e. The number of hydrogen-bond donors (Lipinski definition) is 1. The zero-order chi connectivity index (χ0) is 7.52. The molecule has 2 aliphatic carbocycles. The van der Waals surface area contributed by atoms with Crippen molar-refractivity contribution in [3.63, 3.8) is 0 Å². The normalized spacial score (nSPS) is 56.4. The molecule has 1 heteroatoms. The van der Waals surface area contributed by atoms with Crippen LogP contribution in [0.2, 0.25) is 0 Å². The Hall–Kier alpha value is -0.0400. The van der Waals surface area contributed by atoms with Gasteiger partial charge in [-0.3, -0.25) is 0 Å². The number of nitrogens with two attached hydrogens (primary N) is 1. The average Bonchev–Trinajstić information content (AvgIpc) is 2.32. The first-order valence-corrected chi connectivity index (χ1v) is 4.29. The van der Waals surface area contributed by atoms with Gasteiger partial charge in [-0.2, -0.15) is 0 Å². The van der Waals surface area contributed by atoms with Crippen molar-refractivity contribution in [2.24, 2.45) is 28.9 Å². The second kappa shape index (κ2) is 1.58. The fraction of sp³-hybridized carbons (Fsp3) is 1.00. The number of fused-ring (bicyclic) bond motifs is 1.